The molecular weight excluding hydrogens is 326 g/mol. The number of rotatable bonds is 7. The second kappa shape index (κ2) is 8.31. The van der Waals surface area contributed by atoms with Crippen molar-refractivity contribution in [2.75, 3.05) is 19.8 Å². The second-order valence-corrected chi connectivity index (χ2v) is 6.59. The number of benzene rings is 1. The summed E-state index contributed by atoms with van der Waals surface area (Å²) in [6.45, 7) is 2.14. The van der Waals surface area contributed by atoms with Crippen LogP contribution >= 0.6 is 11.6 Å². The maximum atomic E-state index is 12.2. The van der Waals surface area contributed by atoms with Crippen LogP contribution in [0.4, 0.5) is 0 Å². The largest absolute Gasteiger partial charge is 0.381 e. The number of ether oxygens (including phenoxy) is 1. The Labute approximate surface area is 147 Å². The number of amides is 1. The van der Waals surface area contributed by atoms with Gasteiger partial charge in [-0.3, -0.25) is 4.79 Å². The van der Waals surface area contributed by atoms with E-state index in [0.717, 1.165) is 31.6 Å². The lowest BCUT2D eigenvalue weighted by molar-refractivity contribution is -0.121. The number of imidazole rings is 1. The molecule has 5 nitrogen and oxygen atoms in total. The van der Waals surface area contributed by atoms with Crippen LogP contribution in [-0.4, -0.2) is 35.2 Å². The van der Waals surface area contributed by atoms with Crippen LogP contribution in [0.1, 0.15) is 30.9 Å². The van der Waals surface area contributed by atoms with Crippen molar-refractivity contribution in [3.8, 4) is 0 Å². The zero-order valence-corrected chi connectivity index (χ0v) is 14.3. The summed E-state index contributed by atoms with van der Waals surface area (Å²) >= 11 is 5.97. The molecule has 1 fully saturated rings. The van der Waals surface area contributed by atoms with Crippen molar-refractivity contribution in [1.29, 1.82) is 0 Å². The summed E-state index contributed by atoms with van der Waals surface area (Å²) in [5, 5.41) is 3.75. The van der Waals surface area contributed by atoms with Crippen LogP contribution in [0.15, 0.2) is 43.0 Å². The van der Waals surface area contributed by atoms with E-state index in [9.17, 15) is 4.79 Å². The fourth-order valence-corrected chi connectivity index (χ4v) is 3.11. The maximum Gasteiger partial charge on any atom is 0.220 e. The molecule has 1 amide bonds. The Hall–Kier alpha value is -1.85. The van der Waals surface area contributed by atoms with Gasteiger partial charge in [-0.05, 0) is 36.5 Å². The molecule has 1 saturated heterocycles. The van der Waals surface area contributed by atoms with Crippen molar-refractivity contribution in [2.24, 2.45) is 5.92 Å². The Balaban J connectivity index is 1.57. The van der Waals surface area contributed by atoms with Gasteiger partial charge in [0.05, 0.1) is 12.4 Å². The minimum absolute atomic E-state index is 0.00327. The third kappa shape index (κ3) is 4.58. The van der Waals surface area contributed by atoms with Gasteiger partial charge in [0, 0.05) is 43.6 Å². The van der Waals surface area contributed by atoms with Gasteiger partial charge in [0.15, 0.2) is 0 Å². The smallest absolute Gasteiger partial charge is 0.220 e. The highest BCUT2D eigenvalue weighted by atomic mass is 35.5. The average molecular weight is 348 g/mol. The Morgan fingerprint density at radius 3 is 2.92 bits per heavy atom. The predicted molar refractivity (Wildman–Crippen MR) is 93.0 cm³/mol. The first-order valence-corrected chi connectivity index (χ1v) is 8.67. The molecule has 0 spiro atoms. The average Bonchev–Trinajstić information content (AvgIpc) is 3.28. The fourth-order valence-electron chi connectivity index (χ4n) is 2.98. The predicted octanol–water partition coefficient (Wildman–Crippen LogP) is 3.06. The molecule has 0 unspecified atom stereocenters. The highest BCUT2D eigenvalue weighted by molar-refractivity contribution is 6.30. The molecule has 2 heterocycles. The van der Waals surface area contributed by atoms with Gasteiger partial charge in [-0.1, -0.05) is 23.7 Å². The minimum atomic E-state index is 0.00327. The summed E-state index contributed by atoms with van der Waals surface area (Å²) < 4.78 is 7.35. The molecule has 1 aliphatic rings. The number of carbonyl (C=O) groups excluding carboxylic acids is 1. The molecule has 1 aromatic heterocycles. The molecule has 1 aromatic carbocycles. The number of hydrogen-bond donors (Lipinski definition) is 1. The van der Waals surface area contributed by atoms with Gasteiger partial charge in [0.1, 0.15) is 0 Å². The number of hydrogen-bond acceptors (Lipinski definition) is 3. The van der Waals surface area contributed by atoms with E-state index >= 15 is 0 Å². The number of carbonyl (C=O) groups is 1. The monoisotopic (exact) mass is 347 g/mol. The zero-order valence-electron chi connectivity index (χ0n) is 13.5. The third-order valence-electron chi connectivity index (χ3n) is 4.44. The molecule has 24 heavy (non-hydrogen) atoms. The van der Waals surface area contributed by atoms with Crippen molar-refractivity contribution in [1.82, 2.24) is 14.9 Å². The van der Waals surface area contributed by atoms with Gasteiger partial charge in [-0.25, -0.2) is 4.98 Å². The van der Waals surface area contributed by atoms with E-state index in [-0.39, 0.29) is 11.9 Å². The normalized spacial score (nSPS) is 18.5. The maximum absolute atomic E-state index is 12.2. The molecule has 0 saturated carbocycles. The van der Waals surface area contributed by atoms with Crippen molar-refractivity contribution >= 4 is 17.5 Å². The summed E-state index contributed by atoms with van der Waals surface area (Å²) in [6, 6.07) is 7.69. The molecule has 0 bridgehead atoms. The first-order chi connectivity index (χ1) is 11.7. The molecule has 1 N–H and O–H groups in total. The Kier molecular flexibility index (Phi) is 5.88. The topological polar surface area (TPSA) is 56.1 Å². The number of nitrogens with zero attached hydrogens (tertiary/aromatic N) is 2. The van der Waals surface area contributed by atoms with E-state index in [1.165, 1.54) is 0 Å². The minimum Gasteiger partial charge on any atom is -0.381 e. The number of halogens is 1. The zero-order chi connectivity index (χ0) is 16.8. The molecule has 128 valence electrons. The molecule has 0 aliphatic carbocycles. The van der Waals surface area contributed by atoms with Crippen LogP contribution in [-0.2, 0) is 9.53 Å². The fraction of sp³-hybridized carbons (Fsp3) is 0.444. The summed E-state index contributed by atoms with van der Waals surface area (Å²) in [6.07, 6.45) is 7.91. The highest BCUT2D eigenvalue weighted by Gasteiger charge is 2.18. The lowest BCUT2D eigenvalue weighted by Crippen LogP contribution is -2.31. The van der Waals surface area contributed by atoms with E-state index in [1.807, 2.05) is 35.0 Å². The van der Waals surface area contributed by atoms with Crippen molar-refractivity contribution in [2.45, 2.75) is 25.3 Å². The Bertz CT molecular complexity index is 637. The van der Waals surface area contributed by atoms with Crippen LogP contribution < -0.4 is 5.32 Å². The van der Waals surface area contributed by atoms with Gasteiger partial charge in [0.2, 0.25) is 5.91 Å². The SMILES string of the molecule is O=C(CC[C@H]1CCOC1)NC[C@H](c1ccc(Cl)cc1)n1ccnc1. The van der Waals surface area contributed by atoms with Gasteiger partial charge in [0.25, 0.3) is 0 Å². The van der Waals surface area contributed by atoms with Crippen molar-refractivity contribution < 1.29 is 9.53 Å². The van der Waals surface area contributed by atoms with Crippen LogP contribution in [0, 0.1) is 5.92 Å². The van der Waals surface area contributed by atoms with Gasteiger partial charge in [-0.2, -0.15) is 0 Å². The van der Waals surface area contributed by atoms with Gasteiger partial charge < -0.3 is 14.6 Å². The first kappa shape index (κ1) is 17.0. The Morgan fingerprint density at radius 2 is 2.25 bits per heavy atom. The quantitative estimate of drug-likeness (QED) is 0.837. The van der Waals surface area contributed by atoms with E-state index in [2.05, 4.69) is 10.3 Å². The van der Waals surface area contributed by atoms with Crippen LogP contribution in [0.3, 0.4) is 0 Å². The van der Waals surface area contributed by atoms with Crippen LogP contribution in [0.25, 0.3) is 0 Å². The van der Waals surface area contributed by atoms with E-state index in [0.29, 0.717) is 23.9 Å². The van der Waals surface area contributed by atoms with Crippen molar-refractivity contribution in [3.63, 3.8) is 0 Å². The summed E-state index contributed by atoms with van der Waals surface area (Å²) in [4.78, 5) is 16.3. The molecular formula is C18H22ClN3O2. The molecule has 1 aliphatic heterocycles. The molecule has 6 heteroatoms. The third-order valence-corrected chi connectivity index (χ3v) is 4.69. The lowest BCUT2D eigenvalue weighted by Gasteiger charge is -2.20. The van der Waals surface area contributed by atoms with Crippen molar-refractivity contribution in [3.05, 3.63) is 53.6 Å². The van der Waals surface area contributed by atoms with Crippen LogP contribution in [0.5, 0.6) is 0 Å². The van der Waals surface area contributed by atoms with Crippen LogP contribution in [0.2, 0.25) is 5.02 Å². The van der Waals surface area contributed by atoms with E-state index < -0.39 is 0 Å². The lowest BCUT2D eigenvalue weighted by atomic mass is 10.0. The van der Waals surface area contributed by atoms with E-state index in [1.54, 1.807) is 12.5 Å². The van der Waals surface area contributed by atoms with E-state index in [4.69, 9.17) is 16.3 Å². The molecule has 0 radical (unpaired) electrons. The summed E-state index contributed by atoms with van der Waals surface area (Å²) in [5.74, 6) is 0.609. The molecule has 2 aromatic rings. The highest BCUT2D eigenvalue weighted by Crippen LogP contribution is 2.21. The van der Waals surface area contributed by atoms with Gasteiger partial charge >= 0.3 is 0 Å². The number of nitrogens with one attached hydrogen (secondary N) is 1. The molecule has 2 atom stereocenters. The first-order valence-electron chi connectivity index (χ1n) is 8.29. The number of aromatic nitrogens is 2. The Morgan fingerprint density at radius 1 is 1.42 bits per heavy atom. The molecule has 3 rings (SSSR count). The summed E-state index contributed by atoms with van der Waals surface area (Å²) in [7, 11) is 0. The second-order valence-electron chi connectivity index (χ2n) is 6.15. The van der Waals surface area contributed by atoms with Gasteiger partial charge in [-0.15, -0.1) is 0 Å². The summed E-state index contributed by atoms with van der Waals surface area (Å²) in [5.41, 5.74) is 1.09. The standard InChI is InChI=1S/C18H22ClN3O2/c19-16-4-2-15(3-5-16)17(22-9-8-20-13-22)11-21-18(23)6-1-14-7-10-24-12-14/h2-5,8-9,13-14,17H,1,6-7,10-12H2,(H,21,23)/t14-,17+/m0/s1.